The summed E-state index contributed by atoms with van der Waals surface area (Å²) in [6.45, 7) is 0. The molecule has 4 nitrogen and oxygen atoms in total. The third kappa shape index (κ3) is 1.17. The molecule has 0 fully saturated rings. The van der Waals surface area contributed by atoms with Crippen molar-refractivity contribution in [3.63, 3.8) is 0 Å². The highest BCUT2D eigenvalue weighted by Gasteiger charge is 2.12. The van der Waals surface area contributed by atoms with Crippen LogP contribution >= 0.6 is 0 Å². The molecule has 68 valence electrons. The second-order valence-corrected chi connectivity index (χ2v) is 2.91. The van der Waals surface area contributed by atoms with Gasteiger partial charge in [-0.15, -0.1) is 5.73 Å². The zero-order valence-corrected chi connectivity index (χ0v) is 7.18. The molecule has 0 aliphatic heterocycles. The fraction of sp³-hybridized carbons (Fsp3) is 0. The highest BCUT2D eigenvalue weighted by atomic mass is 16.6. The standard InChI is InChI=1S/C10H6N2O2/c11-9-5-6-10(12(13)14)8-4-2-1-3-7(8)9/h1-6H. The van der Waals surface area contributed by atoms with Crippen LogP contribution in [0.1, 0.15) is 0 Å². The summed E-state index contributed by atoms with van der Waals surface area (Å²) in [5, 5.41) is 11.6. The molecule has 0 heterocycles. The molecular weight excluding hydrogens is 180 g/mol. The van der Waals surface area contributed by atoms with Crippen molar-refractivity contribution in [2.45, 2.75) is 0 Å². The predicted octanol–water partition coefficient (Wildman–Crippen LogP) is 2.45. The molecule has 0 saturated carbocycles. The van der Waals surface area contributed by atoms with Gasteiger partial charge in [0.05, 0.1) is 16.0 Å². The fourth-order valence-electron chi connectivity index (χ4n) is 1.43. The predicted molar refractivity (Wildman–Crippen MR) is 52.4 cm³/mol. The van der Waals surface area contributed by atoms with Gasteiger partial charge in [-0.05, 0) is 12.1 Å². The number of nitrogens with zero attached hydrogens (tertiary/aromatic N) is 2. The maximum atomic E-state index is 10.7. The van der Waals surface area contributed by atoms with E-state index in [4.69, 9.17) is 0 Å². The van der Waals surface area contributed by atoms with Gasteiger partial charge in [-0.3, -0.25) is 10.1 Å². The first kappa shape index (κ1) is 8.50. The third-order valence-electron chi connectivity index (χ3n) is 2.07. The molecule has 2 aromatic rings. The van der Waals surface area contributed by atoms with E-state index in [0.29, 0.717) is 10.8 Å². The van der Waals surface area contributed by atoms with E-state index >= 15 is 0 Å². The van der Waals surface area contributed by atoms with Gasteiger partial charge in [-0.1, -0.05) is 18.2 Å². The van der Waals surface area contributed by atoms with Gasteiger partial charge in [0, 0.05) is 11.5 Å². The number of hydrogen-bond donors (Lipinski definition) is 0. The summed E-state index contributed by atoms with van der Waals surface area (Å²) < 4.78 is 0. The Balaban J connectivity index is 2.88. The molecule has 0 N–H and O–H groups in total. The normalized spacial score (nSPS) is 10.3. The van der Waals surface area contributed by atoms with Gasteiger partial charge in [-0.25, -0.2) is 0 Å². The molecule has 0 aliphatic carbocycles. The molecule has 0 saturated heterocycles. The molecule has 0 bridgehead atoms. The molecule has 0 aliphatic rings. The summed E-state index contributed by atoms with van der Waals surface area (Å²) in [7, 11) is 0. The smallest absolute Gasteiger partial charge is 0.258 e. The van der Waals surface area contributed by atoms with E-state index < -0.39 is 4.92 Å². The molecule has 0 aromatic heterocycles. The lowest BCUT2D eigenvalue weighted by Gasteiger charge is -1.99. The van der Waals surface area contributed by atoms with Crippen LogP contribution in [-0.2, 0) is 0 Å². The lowest BCUT2D eigenvalue weighted by Crippen LogP contribution is -1.89. The van der Waals surface area contributed by atoms with Crippen LogP contribution in [0.15, 0.2) is 36.4 Å². The minimum Gasteiger partial charge on any atom is -0.258 e. The average Bonchev–Trinajstić information content (AvgIpc) is 2.18. The van der Waals surface area contributed by atoms with E-state index in [2.05, 4.69) is 0 Å². The Hall–Kier alpha value is -2.10. The first-order valence-electron chi connectivity index (χ1n) is 4.05. The molecule has 2 rings (SSSR count). The minimum atomic E-state index is -0.457. The van der Waals surface area contributed by atoms with Crippen LogP contribution in [0.2, 0.25) is 0 Å². The molecule has 0 spiro atoms. The van der Waals surface area contributed by atoms with Crippen molar-refractivity contribution in [2.24, 2.45) is 0 Å². The van der Waals surface area contributed by atoms with Crippen molar-refractivity contribution < 1.29 is 4.92 Å². The van der Waals surface area contributed by atoms with Gasteiger partial charge in [0.1, 0.15) is 0 Å². The first-order valence-corrected chi connectivity index (χ1v) is 4.05. The number of non-ortho nitro benzene ring substituents is 1. The fourth-order valence-corrected chi connectivity index (χ4v) is 1.43. The zero-order chi connectivity index (χ0) is 10.1. The average molecular weight is 186 g/mol. The SMILES string of the molecule is [N]c1ccc([N+](=O)[O-])c2ccccc12. The van der Waals surface area contributed by atoms with Crippen LogP contribution in [0.4, 0.5) is 11.4 Å². The molecule has 0 unspecified atom stereocenters. The largest absolute Gasteiger partial charge is 0.277 e. The maximum Gasteiger partial charge on any atom is 0.277 e. The quantitative estimate of drug-likeness (QED) is 0.507. The van der Waals surface area contributed by atoms with Gasteiger partial charge in [-0.2, -0.15) is 0 Å². The van der Waals surface area contributed by atoms with Crippen molar-refractivity contribution in [1.29, 1.82) is 0 Å². The second kappa shape index (κ2) is 2.99. The molecule has 0 amide bonds. The Labute approximate surface area is 80.1 Å². The number of hydrogen-bond acceptors (Lipinski definition) is 2. The highest BCUT2D eigenvalue weighted by molar-refractivity contribution is 5.97. The van der Waals surface area contributed by atoms with Crippen molar-refractivity contribution in [2.75, 3.05) is 0 Å². The lowest BCUT2D eigenvalue weighted by atomic mass is 10.1. The van der Waals surface area contributed by atoms with Crippen LogP contribution in [0.3, 0.4) is 0 Å². The van der Waals surface area contributed by atoms with E-state index in [1.54, 1.807) is 24.3 Å². The minimum absolute atomic E-state index is 0.0124. The third-order valence-corrected chi connectivity index (χ3v) is 2.07. The lowest BCUT2D eigenvalue weighted by molar-refractivity contribution is -0.383. The van der Waals surface area contributed by atoms with Gasteiger partial charge in [0.25, 0.3) is 5.69 Å². The second-order valence-electron chi connectivity index (χ2n) is 2.91. The monoisotopic (exact) mass is 186 g/mol. The summed E-state index contributed by atoms with van der Waals surface area (Å²) in [5.74, 6) is 0. The number of rotatable bonds is 1. The molecular formula is C10H6N2O2. The Bertz CT molecular complexity index is 508. The van der Waals surface area contributed by atoms with Gasteiger partial charge < -0.3 is 0 Å². The topological polar surface area (TPSA) is 65.4 Å². The maximum absolute atomic E-state index is 10.7. The number of nitro groups is 1. The number of nitro benzene ring substituents is 1. The summed E-state index contributed by atoms with van der Waals surface area (Å²) >= 11 is 0. The molecule has 2 aromatic carbocycles. The van der Waals surface area contributed by atoms with Crippen molar-refractivity contribution >= 4 is 22.1 Å². The van der Waals surface area contributed by atoms with E-state index in [0.717, 1.165) is 0 Å². The Kier molecular flexibility index (Phi) is 1.81. The number of benzene rings is 2. The van der Waals surface area contributed by atoms with Crippen LogP contribution in [0.25, 0.3) is 10.8 Å². The van der Waals surface area contributed by atoms with Crippen LogP contribution in [0, 0.1) is 10.1 Å². The van der Waals surface area contributed by atoms with Crippen molar-refractivity contribution in [3.05, 3.63) is 46.5 Å². The highest BCUT2D eigenvalue weighted by Crippen LogP contribution is 2.29. The van der Waals surface area contributed by atoms with Gasteiger partial charge >= 0.3 is 0 Å². The van der Waals surface area contributed by atoms with Crippen LogP contribution in [-0.4, -0.2) is 4.92 Å². The Morgan fingerprint density at radius 1 is 1.07 bits per heavy atom. The molecule has 2 radical (unpaired) electrons. The first-order chi connectivity index (χ1) is 6.70. The summed E-state index contributed by atoms with van der Waals surface area (Å²) in [6.07, 6.45) is 0. The van der Waals surface area contributed by atoms with E-state index in [-0.39, 0.29) is 11.4 Å². The zero-order valence-electron chi connectivity index (χ0n) is 7.18. The van der Waals surface area contributed by atoms with Crippen molar-refractivity contribution in [1.82, 2.24) is 5.73 Å². The summed E-state index contributed by atoms with van der Waals surface area (Å²) in [6, 6.07) is 9.34. The molecule has 14 heavy (non-hydrogen) atoms. The van der Waals surface area contributed by atoms with Crippen molar-refractivity contribution in [3.8, 4) is 0 Å². The Morgan fingerprint density at radius 3 is 2.36 bits per heavy atom. The van der Waals surface area contributed by atoms with Crippen LogP contribution < -0.4 is 5.73 Å². The molecule has 0 atom stereocenters. The van der Waals surface area contributed by atoms with Crippen LogP contribution in [0.5, 0.6) is 0 Å². The Morgan fingerprint density at radius 2 is 1.71 bits per heavy atom. The van der Waals surface area contributed by atoms with E-state index in [9.17, 15) is 15.8 Å². The summed E-state index contributed by atoms with van der Waals surface area (Å²) in [5.41, 5.74) is 9.53. The van der Waals surface area contributed by atoms with Gasteiger partial charge in [0.15, 0.2) is 0 Å². The van der Waals surface area contributed by atoms with E-state index in [1.165, 1.54) is 12.1 Å². The van der Waals surface area contributed by atoms with Gasteiger partial charge in [0.2, 0.25) is 0 Å². The number of fused-ring (bicyclic) bond motifs is 1. The summed E-state index contributed by atoms with van der Waals surface area (Å²) in [4.78, 5) is 10.2. The molecule has 4 heteroatoms. The van der Waals surface area contributed by atoms with E-state index in [1.807, 2.05) is 0 Å².